The molecule has 4 heterocycles. The number of fused-ring (bicyclic) bond motifs is 1. The van der Waals surface area contributed by atoms with Crippen molar-refractivity contribution in [1.82, 2.24) is 30.3 Å². The summed E-state index contributed by atoms with van der Waals surface area (Å²) in [6.45, 7) is 4.09. The van der Waals surface area contributed by atoms with Crippen LogP contribution in [0, 0.1) is 0 Å². The van der Waals surface area contributed by atoms with E-state index >= 15 is 0 Å². The number of aromatic nitrogens is 3. The van der Waals surface area contributed by atoms with Crippen LogP contribution >= 0.6 is 11.3 Å². The molecule has 0 saturated carbocycles. The molecule has 0 atom stereocenters. The second-order valence-corrected chi connectivity index (χ2v) is 10.3. The van der Waals surface area contributed by atoms with Crippen LogP contribution in [-0.4, -0.2) is 81.0 Å². The number of anilines is 1. The third kappa shape index (κ3) is 5.37. The first-order chi connectivity index (χ1) is 18.9. The largest absolute Gasteiger partial charge is 0.434 e. The average molecular weight is 580 g/mol. The van der Waals surface area contributed by atoms with Crippen molar-refractivity contribution in [3.63, 3.8) is 0 Å². The number of thiazole rings is 1. The van der Waals surface area contributed by atoms with Crippen molar-refractivity contribution in [1.29, 1.82) is 0 Å². The number of halogens is 3. The van der Waals surface area contributed by atoms with Gasteiger partial charge in [-0.05, 0) is 31.0 Å². The molecule has 11 nitrogen and oxygen atoms in total. The lowest BCUT2D eigenvalue weighted by Crippen LogP contribution is -2.58. The van der Waals surface area contributed by atoms with Crippen LogP contribution in [0.4, 0.5) is 23.7 Å². The summed E-state index contributed by atoms with van der Waals surface area (Å²) in [7, 11) is 1.42. The summed E-state index contributed by atoms with van der Waals surface area (Å²) in [5.74, 6) is -1.72. The van der Waals surface area contributed by atoms with E-state index < -0.39 is 46.8 Å². The number of carbonyl (C=O) groups excluding carboxylic acids is 4. The van der Waals surface area contributed by atoms with Gasteiger partial charge in [-0.15, -0.1) is 11.3 Å². The van der Waals surface area contributed by atoms with Gasteiger partial charge in [0.15, 0.2) is 10.7 Å². The molecule has 214 valence electrons. The maximum Gasteiger partial charge on any atom is 0.434 e. The standard InChI is InChI=1S/C22H20F3N7O4S.C3H8/c1-30-19(35)21(32(20(30)36)13-2-3-14-12(8-13)9-27-29-14)4-6-31(7-5-21)16(33)10-26-17(34)18-28-15(11-37-18)22(23,24)25;1-3-2/h2-3,8-9,11H,4-7,10H2,1H3,(H,26,34)(H,27,29);3H2,1-2H3. The molecule has 40 heavy (non-hydrogen) atoms. The Balaban J connectivity index is 0.00000118. The van der Waals surface area contributed by atoms with Crippen molar-refractivity contribution in [3.05, 3.63) is 40.5 Å². The van der Waals surface area contributed by atoms with Gasteiger partial charge in [0.2, 0.25) is 5.91 Å². The van der Waals surface area contributed by atoms with Crippen LogP contribution < -0.4 is 10.2 Å². The molecule has 0 bridgehead atoms. The van der Waals surface area contributed by atoms with Gasteiger partial charge in [0.25, 0.3) is 11.8 Å². The second kappa shape index (κ2) is 11.2. The van der Waals surface area contributed by atoms with E-state index in [0.717, 1.165) is 21.2 Å². The van der Waals surface area contributed by atoms with Crippen molar-refractivity contribution in [2.75, 3.05) is 31.6 Å². The molecular weight excluding hydrogens is 551 g/mol. The number of H-pyrrole nitrogens is 1. The third-order valence-corrected chi connectivity index (χ3v) is 7.46. The lowest BCUT2D eigenvalue weighted by atomic mass is 9.85. The Labute approximate surface area is 231 Å². The van der Waals surface area contributed by atoms with Crippen molar-refractivity contribution in [2.24, 2.45) is 0 Å². The fraction of sp³-hybridized carbons (Fsp3) is 0.440. The molecule has 2 aliphatic heterocycles. The van der Waals surface area contributed by atoms with Crippen LogP contribution in [0.25, 0.3) is 10.9 Å². The summed E-state index contributed by atoms with van der Waals surface area (Å²) in [5, 5.41) is 10.2. The Bertz CT molecular complexity index is 1430. The molecule has 5 amide bonds. The number of carbonyl (C=O) groups is 4. The zero-order valence-electron chi connectivity index (χ0n) is 22.0. The topological polar surface area (TPSA) is 132 Å². The van der Waals surface area contributed by atoms with Crippen LogP contribution in [0.3, 0.4) is 0 Å². The van der Waals surface area contributed by atoms with E-state index in [-0.39, 0.29) is 31.8 Å². The van der Waals surface area contributed by atoms with E-state index in [4.69, 9.17) is 0 Å². The second-order valence-electron chi connectivity index (χ2n) is 9.46. The normalized spacial score (nSPS) is 16.9. The molecule has 5 rings (SSSR count). The Kier molecular flexibility index (Phi) is 8.14. The van der Waals surface area contributed by atoms with E-state index in [1.54, 1.807) is 24.4 Å². The van der Waals surface area contributed by atoms with Gasteiger partial charge in [-0.2, -0.15) is 18.3 Å². The van der Waals surface area contributed by atoms with Crippen molar-refractivity contribution in [2.45, 2.75) is 44.8 Å². The number of amides is 5. The highest BCUT2D eigenvalue weighted by Crippen LogP contribution is 2.40. The molecule has 0 unspecified atom stereocenters. The summed E-state index contributed by atoms with van der Waals surface area (Å²) in [6, 6.07) is 4.79. The lowest BCUT2D eigenvalue weighted by molar-refractivity contribution is -0.140. The minimum atomic E-state index is -4.67. The van der Waals surface area contributed by atoms with E-state index in [9.17, 15) is 32.3 Å². The number of likely N-dealkylation sites (N-methyl/N-ethyl adjacent to an activating group) is 1. The van der Waals surface area contributed by atoms with E-state index in [2.05, 4.69) is 34.3 Å². The highest BCUT2D eigenvalue weighted by Gasteiger charge is 2.57. The number of likely N-dealkylation sites (tertiary alicyclic amines) is 1. The van der Waals surface area contributed by atoms with Gasteiger partial charge in [0.1, 0.15) is 5.54 Å². The average Bonchev–Trinajstić information content (AvgIpc) is 3.64. The first kappa shape index (κ1) is 29.0. The van der Waals surface area contributed by atoms with E-state index in [0.29, 0.717) is 17.0 Å². The molecule has 2 aromatic heterocycles. The fourth-order valence-electron chi connectivity index (χ4n) is 4.67. The predicted molar refractivity (Wildman–Crippen MR) is 141 cm³/mol. The number of hydrogen-bond donors (Lipinski definition) is 2. The van der Waals surface area contributed by atoms with Crippen molar-refractivity contribution in [3.8, 4) is 0 Å². The Hall–Kier alpha value is -4.01. The van der Waals surface area contributed by atoms with Gasteiger partial charge >= 0.3 is 12.2 Å². The quantitative estimate of drug-likeness (QED) is 0.454. The van der Waals surface area contributed by atoms with Gasteiger partial charge in [-0.3, -0.25) is 29.3 Å². The first-order valence-corrected chi connectivity index (χ1v) is 13.4. The number of benzene rings is 1. The predicted octanol–water partition coefficient (Wildman–Crippen LogP) is 3.64. The van der Waals surface area contributed by atoms with Crippen LogP contribution in [0.15, 0.2) is 29.8 Å². The molecule has 1 spiro atoms. The van der Waals surface area contributed by atoms with Crippen LogP contribution in [-0.2, 0) is 15.8 Å². The number of nitrogens with zero attached hydrogens (tertiary/aromatic N) is 5. The maximum absolute atomic E-state index is 13.2. The summed E-state index contributed by atoms with van der Waals surface area (Å²) >= 11 is 0.531. The van der Waals surface area contributed by atoms with E-state index in [1.807, 2.05) is 0 Å². The maximum atomic E-state index is 13.2. The van der Waals surface area contributed by atoms with Crippen molar-refractivity contribution >= 4 is 51.7 Å². The molecule has 15 heteroatoms. The van der Waals surface area contributed by atoms with Crippen molar-refractivity contribution < 1.29 is 32.3 Å². The van der Waals surface area contributed by atoms with Gasteiger partial charge in [0.05, 0.1) is 18.3 Å². The van der Waals surface area contributed by atoms with Gasteiger partial charge in [-0.1, -0.05) is 20.3 Å². The molecule has 0 radical (unpaired) electrons. The molecule has 2 fully saturated rings. The van der Waals surface area contributed by atoms with Crippen LogP contribution in [0.5, 0.6) is 0 Å². The number of nitrogens with one attached hydrogen (secondary N) is 2. The molecule has 2 saturated heterocycles. The number of urea groups is 1. The number of alkyl halides is 3. The molecule has 0 aliphatic carbocycles. The SMILES string of the molecule is CCC.CN1C(=O)N(c2ccc3[nH]ncc3c2)C2(CCN(C(=O)CNC(=O)c3nc(C(F)(F)F)cs3)CC2)C1=O. The number of piperidine rings is 1. The van der Waals surface area contributed by atoms with Gasteiger partial charge in [-0.25, -0.2) is 9.78 Å². The smallest absolute Gasteiger partial charge is 0.341 e. The monoisotopic (exact) mass is 579 g/mol. The number of hydrogen-bond acceptors (Lipinski definition) is 7. The Morgan fingerprint density at radius 3 is 2.48 bits per heavy atom. The van der Waals surface area contributed by atoms with Gasteiger partial charge < -0.3 is 10.2 Å². The summed E-state index contributed by atoms with van der Waals surface area (Å²) in [6.07, 6.45) is -1.46. The van der Waals surface area contributed by atoms with Gasteiger partial charge in [0, 0.05) is 36.6 Å². The highest BCUT2D eigenvalue weighted by atomic mass is 32.1. The highest BCUT2D eigenvalue weighted by molar-refractivity contribution is 7.11. The fourth-order valence-corrected chi connectivity index (χ4v) is 5.41. The van der Waals surface area contributed by atoms with E-state index in [1.165, 1.54) is 23.3 Å². The summed E-state index contributed by atoms with van der Waals surface area (Å²) in [5.41, 5.74) is -1.03. The molecule has 3 aromatic rings. The minimum Gasteiger partial charge on any atom is -0.341 e. The zero-order valence-corrected chi connectivity index (χ0v) is 22.9. The lowest BCUT2D eigenvalue weighted by Gasteiger charge is -2.42. The van der Waals surface area contributed by atoms with Crippen LogP contribution in [0.2, 0.25) is 0 Å². The Morgan fingerprint density at radius 1 is 1.18 bits per heavy atom. The first-order valence-electron chi connectivity index (χ1n) is 12.6. The molecule has 2 N–H and O–H groups in total. The zero-order chi connectivity index (χ0) is 29.2. The molecular formula is C25H28F3N7O4S. The number of imide groups is 1. The van der Waals surface area contributed by atoms with Crippen LogP contribution in [0.1, 0.15) is 48.6 Å². The summed E-state index contributed by atoms with van der Waals surface area (Å²) in [4.78, 5) is 58.4. The number of aromatic amines is 1. The molecule has 1 aromatic carbocycles. The summed E-state index contributed by atoms with van der Waals surface area (Å²) < 4.78 is 38.1. The Morgan fingerprint density at radius 2 is 1.85 bits per heavy atom. The third-order valence-electron chi connectivity index (χ3n) is 6.62. The number of rotatable bonds is 4. The molecule has 2 aliphatic rings. The minimum absolute atomic E-state index is 0.140.